The fourth-order valence-corrected chi connectivity index (χ4v) is 4.99. The number of hydrogen-bond acceptors (Lipinski definition) is 8. The van der Waals surface area contributed by atoms with Gasteiger partial charge in [0.05, 0.1) is 18.3 Å². The number of piperidine rings is 1. The zero-order chi connectivity index (χ0) is 21.5. The first-order chi connectivity index (χ1) is 15.0. The van der Waals surface area contributed by atoms with Crippen molar-refractivity contribution >= 4 is 17.4 Å². The van der Waals surface area contributed by atoms with Crippen molar-refractivity contribution < 1.29 is 14.7 Å². The third-order valence-corrected chi connectivity index (χ3v) is 6.65. The van der Waals surface area contributed by atoms with Gasteiger partial charge in [-0.2, -0.15) is 10.6 Å². The van der Waals surface area contributed by atoms with E-state index >= 15 is 0 Å². The van der Waals surface area contributed by atoms with Gasteiger partial charge in [-0.05, 0) is 32.6 Å². The number of nitrogens with two attached hydrogens (primary N) is 1. The second-order valence-electron chi connectivity index (χ2n) is 8.99. The van der Waals surface area contributed by atoms with Gasteiger partial charge in [0.1, 0.15) is 18.0 Å². The van der Waals surface area contributed by atoms with Crippen LogP contribution in [0.15, 0.2) is 12.3 Å². The van der Waals surface area contributed by atoms with Gasteiger partial charge in [0.25, 0.3) is 0 Å². The number of aliphatic hydroxyl groups is 1. The van der Waals surface area contributed by atoms with E-state index in [1.54, 1.807) is 0 Å². The molecule has 2 aromatic rings. The number of anilines is 1. The second kappa shape index (κ2) is 8.34. The van der Waals surface area contributed by atoms with Crippen LogP contribution in [0, 0.1) is 6.92 Å². The van der Waals surface area contributed by atoms with Crippen LogP contribution in [0.4, 0.5) is 5.82 Å². The van der Waals surface area contributed by atoms with E-state index in [1.807, 2.05) is 28.6 Å². The molecule has 168 valence electrons. The Morgan fingerprint density at radius 3 is 2.97 bits per heavy atom. The molecule has 31 heavy (non-hydrogen) atoms. The van der Waals surface area contributed by atoms with Crippen LogP contribution >= 0.6 is 0 Å². The summed E-state index contributed by atoms with van der Waals surface area (Å²) in [5.41, 5.74) is 11.6. The van der Waals surface area contributed by atoms with Crippen molar-refractivity contribution in [2.45, 2.75) is 63.3 Å². The fourth-order valence-electron chi connectivity index (χ4n) is 4.99. The van der Waals surface area contributed by atoms with E-state index in [0.29, 0.717) is 13.0 Å². The molecule has 4 N–H and O–H groups in total. The summed E-state index contributed by atoms with van der Waals surface area (Å²) in [6, 6.07) is 1.69. The molecule has 5 heterocycles. The van der Waals surface area contributed by atoms with E-state index < -0.39 is 6.04 Å². The molecule has 10 heteroatoms. The lowest BCUT2D eigenvalue weighted by atomic mass is 9.97. The molecular weight excluding hydrogens is 398 g/mol. The number of hydroxylamine groups is 1. The highest BCUT2D eigenvalue weighted by Crippen LogP contribution is 2.33. The minimum Gasteiger partial charge on any atom is -0.394 e. The Hall–Kier alpha value is -2.27. The average Bonchev–Trinajstić information content (AvgIpc) is 3.51. The standard InChI is InChI=1S/C21H31N7O3/c1-13-10-28-19(23-20(13)26-7-5-14(22)11-26)9-16(24-28)18-4-2-3-6-27(18)21(30)17-8-15(12-29)31-25-17/h9-10,14-15,17-18,25,29H,2-8,11-12,22H2,1H3. The number of carbonyl (C=O) groups is 1. The summed E-state index contributed by atoms with van der Waals surface area (Å²) in [5, 5.41) is 14.1. The van der Waals surface area contributed by atoms with Crippen LogP contribution in [0.2, 0.25) is 0 Å². The van der Waals surface area contributed by atoms with Crippen molar-refractivity contribution in [2.75, 3.05) is 31.1 Å². The number of nitrogens with one attached hydrogen (secondary N) is 1. The topological polar surface area (TPSA) is 121 Å². The van der Waals surface area contributed by atoms with Crippen molar-refractivity contribution in [1.82, 2.24) is 25.0 Å². The molecule has 2 aromatic heterocycles. The van der Waals surface area contributed by atoms with E-state index in [9.17, 15) is 9.90 Å². The van der Waals surface area contributed by atoms with Crippen LogP contribution in [0.25, 0.3) is 5.65 Å². The molecular formula is C21H31N7O3. The highest BCUT2D eigenvalue weighted by Gasteiger charge is 2.38. The minimum absolute atomic E-state index is 0.00795. The summed E-state index contributed by atoms with van der Waals surface area (Å²) < 4.78 is 1.82. The maximum Gasteiger partial charge on any atom is 0.242 e. The third kappa shape index (κ3) is 3.89. The van der Waals surface area contributed by atoms with E-state index in [-0.39, 0.29) is 30.7 Å². The number of amides is 1. The van der Waals surface area contributed by atoms with Crippen LogP contribution in [0.1, 0.15) is 49.4 Å². The molecule has 4 atom stereocenters. The highest BCUT2D eigenvalue weighted by atomic mass is 16.7. The van der Waals surface area contributed by atoms with Gasteiger partial charge in [-0.1, -0.05) is 0 Å². The zero-order valence-corrected chi connectivity index (χ0v) is 17.9. The second-order valence-corrected chi connectivity index (χ2v) is 8.99. The Bertz CT molecular complexity index is 964. The van der Waals surface area contributed by atoms with Gasteiger partial charge < -0.3 is 20.6 Å². The van der Waals surface area contributed by atoms with Crippen LogP contribution in [0.3, 0.4) is 0 Å². The van der Waals surface area contributed by atoms with Crippen molar-refractivity contribution in [2.24, 2.45) is 5.73 Å². The summed E-state index contributed by atoms with van der Waals surface area (Å²) in [6.07, 6.45) is 6.04. The van der Waals surface area contributed by atoms with Gasteiger partial charge in [0.2, 0.25) is 5.91 Å². The minimum atomic E-state index is -0.430. The Balaban J connectivity index is 1.41. The Morgan fingerprint density at radius 1 is 1.35 bits per heavy atom. The number of carbonyl (C=O) groups excluding carboxylic acids is 1. The van der Waals surface area contributed by atoms with E-state index in [0.717, 1.165) is 61.5 Å². The molecule has 0 radical (unpaired) electrons. The normalized spacial score (nSPS) is 29.3. The smallest absolute Gasteiger partial charge is 0.242 e. The number of likely N-dealkylation sites (tertiary alicyclic amines) is 1. The van der Waals surface area contributed by atoms with Gasteiger partial charge in [-0.3, -0.25) is 9.63 Å². The van der Waals surface area contributed by atoms with Crippen LogP contribution in [-0.2, 0) is 9.63 Å². The molecule has 4 unspecified atom stereocenters. The quantitative estimate of drug-likeness (QED) is 0.634. The van der Waals surface area contributed by atoms with Crippen molar-refractivity contribution in [3.8, 4) is 0 Å². The number of hydrogen-bond donors (Lipinski definition) is 3. The maximum absolute atomic E-state index is 13.2. The molecule has 3 aliphatic rings. The summed E-state index contributed by atoms with van der Waals surface area (Å²) in [6.45, 7) is 4.39. The number of rotatable bonds is 4. The molecule has 3 saturated heterocycles. The summed E-state index contributed by atoms with van der Waals surface area (Å²) in [4.78, 5) is 27.6. The molecule has 5 rings (SSSR count). The van der Waals surface area contributed by atoms with Crippen molar-refractivity contribution in [3.63, 3.8) is 0 Å². The summed E-state index contributed by atoms with van der Waals surface area (Å²) >= 11 is 0. The fraction of sp³-hybridized carbons (Fsp3) is 0.667. The molecule has 0 aliphatic carbocycles. The number of aromatic nitrogens is 3. The molecule has 3 aliphatic heterocycles. The number of aryl methyl sites for hydroxylation is 1. The predicted octanol–water partition coefficient (Wildman–Crippen LogP) is 0.283. The predicted molar refractivity (Wildman–Crippen MR) is 114 cm³/mol. The molecule has 0 bridgehead atoms. The van der Waals surface area contributed by atoms with Gasteiger partial charge in [0.15, 0.2) is 5.65 Å². The van der Waals surface area contributed by atoms with Gasteiger partial charge >= 0.3 is 0 Å². The summed E-state index contributed by atoms with van der Waals surface area (Å²) in [7, 11) is 0. The average molecular weight is 430 g/mol. The molecule has 0 spiro atoms. The van der Waals surface area contributed by atoms with E-state index in [4.69, 9.17) is 20.7 Å². The van der Waals surface area contributed by atoms with Gasteiger partial charge in [-0.25, -0.2) is 9.50 Å². The highest BCUT2D eigenvalue weighted by molar-refractivity contribution is 5.82. The van der Waals surface area contributed by atoms with Crippen LogP contribution in [-0.4, -0.2) is 74.9 Å². The van der Waals surface area contributed by atoms with Crippen molar-refractivity contribution in [1.29, 1.82) is 0 Å². The van der Waals surface area contributed by atoms with E-state index in [2.05, 4.69) is 10.4 Å². The number of nitrogens with zero attached hydrogens (tertiary/aromatic N) is 5. The zero-order valence-electron chi connectivity index (χ0n) is 17.9. The van der Waals surface area contributed by atoms with Crippen LogP contribution < -0.4 is 16.1 Å². The lowest BCUT2D eigenvalue weighted by molar-refractivity contribution is -0.138. The molecule has 3 fully saturated rings. The first kappa shape index (κ1) is 20.6. The number of aliphatic hydroxyl groups excluding tert-OH is 1. The molecule has 0 aromatic carbocycles. The number of fused-ring (bicyclic) bond motifs is 1. The Kier molecular flexibility index (Phi) is 5.55. The lowest BCUT2D eigenvalue weighted by Crippen LogP contribution is -2.47. The monoisotopic (exact) mass is 429 g/mol. The Morgan fingerprint density at radius 2 is 2.23 bits per heavy atom. The maximum atomic E-state index is 13.2. The first-order valence-corrected chi connectivity index (χ1v) is 11.2. The lowest BCUT2D eigenvalue weighted by Gasteiger charge is -2.36. The molecule has 0 saturated carbocycles. The summed E-state index contributed by atoms with van der Waals surface area (Å²) in [5.74, 6) is 0.972. The largest absolute Gasteiger partial charge is 0.394 e. The third-order valence-electron chi connectivity index (χ3n) is 6.65. The molecule has 10 nitrogen and oxygen atoms in total. The van der Waals surface area contributed by atoms with E-state index in [1.165, 1.54) is 0 Å². The first-order valence-electron chi connectivity index (χ1n) is 11.2. The van der Waals surface area contributed by atoms with Crippen molar-refractivity contribution in [3.05, 3.63) is 23.5 Å². The van der Waals surface area contributed by atoms with Gasteiger partial charge in [0, 0.05) is 49.9 Å². The van der Waals surface area contributed by atoms with Crippen LogP contribution in [0.5, 0.6) is 0 Å². The SMILES string of the molecule is Cc1cn2nc(C3CCCCN3C(=O)C3CC(CO)ON3)cc2nc1N1CCC(N)C1. The van der Waals surface area contributed by atoms with Gasteiger partial charge in [-0.15, -0.1) is 0 Å². The molecule has 1 amide bonds. The Labute approximate surface area is 181 Å².